The molecule has 0 aliphatic rings. The minimum Gasteiger partial charge on any atom is -0.325 e. The number of nitrogens with zero attached hydrogens (tertiary/aromatic N) is 3. The van der Waals surface area contributed by atoms with E-state index in [2.05, 4.69) is 48.1 Å². The molecule has 0 spiro atoms. The minimum absolute atomic E-state index is 0.439. The maximum absolute atomic E-state index is 5.89. The molecule has 20 heavy (non-hydrogen) atoms. The van der Waals surface area contributed by atoms with E-state index >= 15 is 0 Å². The molecule has 4 heteroatoms. The molecule has 0 fully saturated rings. The van der Waals surface area contributed by atoms with Gasteiger partial charge in [-0.1, -0.05) is 38.1 Å². The Morgan fingerprint density at radius 2 is 1.95 bits per heavy atom. The van der Waals surface area contributed by atoms with Gasteiger partial charge in [0.25, 0.3) is 0 Å². The maximum atomic E-state index is 5.89. The van der Waals surface area contributed by atoms with Gasteiger partial charge in [0.1, 0.15) is 0 Å². The highest BCUT2D eigenvalue weighted by Gasteiger charge is 2.13. The molecule has 0 saturated carbocycles. The van der Waals surface area contributed by atoms with Crippen molar-refractivity contribution in [3.05, 3.63) is 54.0 Å². The Labute approximate surface area is 118 Å². The van der Waals surface area contributed by atoms with E-state index < -0.39 is 0 Å². The lowest BCUT2D eigenvalue weighted by atomic mass is 10.0. The highest BCUT2D eigenvalue weighted by Crippen LogP contribution is 2.25. The van der Waals surface area contributed by atoms with E-state index in [0.717, 1.165) is 17.0 Å². The second-order valence-corrected chi connectivity index (χ2v) is 5.18. The van der Waals surface area contributed by atoms with Crippen LogP contribution in [0.15, 0.2) is 42.7 Å². The average molecular weight is 266 g/mol. The highest BCUT2D eigenvalue weighted by atomic mass is 15.1. The van der Waals surface area contributed by atoms with Crippen LogP contribution in [0.4, 0.5) is 0 Å². The number of aromatic nitrogens is 3. The molecule has 0 radical (unpaired) electrons. The highest BCUT2D eigenvalue weighted by molar-refractivity contribution is 5.65. The van der Waals surface area contributed by atoms with E-state index in [1.165, 1.54) is 5.56 Å². The van der Waals surface area contributed by atoms with Crippen LogP contribution in [0.25, 0.3) is 17.0 Å². The Bertz CT molecular complexity index is 726. The summed E-state index contributed by atoms with van der Waals surface area (Å²) in [5.74, 6) is 1.22. The van der Waals surface area contributed by atoms with Crippen LogP contribution >= 0.6 is 0 Å². The monoisotopic (exact) mass is 266 g/mol. The predicted molar refractivity (Wildman–Crippen MR) is 80.4 cm³/mol. The van der Waals surface area contributed by atoms with Crippen LogP contribution in [0.1, 0.15) is 31.0 Å². The Morgan fingerprint density at radius 1 is 1.20 bits per heavy atom. The summed E-state index contributed by atoms with van der Waals surface area (Å²) in [5, 5.41) is 0. The summed E-state index contributed by atoms with van der Waals surface area (Å²) >= 11 is 0. The number of rotatable bonds is 3. The van der Waals surface area contributed by atoms with Gasteiger partial charge < -0.3 is 5.73 Å². The Balaban J connectivity index is 2.13. The third kappa shape index (κ3) is 2.08. The van der Waals surface area contributed by atoms with E-state index in [1.54, 1.807) is 6.20 Å². The van der Waals surface area contributed by atoms with Crippen molar-refractivity contribution < 1.29 is 0 Å². The Morgan fingerprint density at radius 3 is 2.60 bits per heavy atom. The van der Waals surface area contributed by atoms with Crippen molar-refractivity contribution in [2.45, 2.75) is 26.3 Å². The van der Waals surface area contributed by atoms with Crippen molar-refractivity contribution in [2.24, 2.45) is 5.73 Å². The van der Waals surface area contributed by atoms with E-state index in [0.29, 0.717) is 18.2 Å². The molecule has 2 N–H and O–H groups in total. The number of nitrogens with two attached hydrogens (primary N) is 1. The van der Waals surface area contributed by atoms with Crippen molar-refractivity contribution in [1.29, 1.82) is 0 Å². The molecule has 2 aromatic heterocycles. The smallest absolute Gasteiger partial charge is 0.234 e. The fourth-order valence-corrected chi connectivity index (χ4v) is 2.39. The molecule has 1 aromatic carbocycles. The quantitative estimate of drug-likeness (QED) is 0.793. The molecule has 3 rings (SSSR count). The fourth-order valence-electron chi connectivity index (χ4n) is 2.39. The number of hydrogen-bond donors (Lipinski definition) is 1. The van der Waals surface area contributed by atoms with E-state index in [1.807, 2.05) is 16.7 Å². The van der Waals surface area contributed by atoms with Crippen molar-refractivity contribution >= 4 is 5.78 Å². The van der Waals surface area contributed by atoms with Gasteiger partial charge in [0, 0.05) is 24.5 Å². The first-order valence-electron chi connectivity index (χ1n) is 6.83. The standard InChI is InChI=1S/C16H18N4/c1-11(2)12-4-6-13(7-5-12)15-14(10-17)20-9-3-8-18-16(20)19-15/h3-9,11H,10,17H2,1-2H3. The lowest BCUT2D eigenvalue weighted by Gasteiger charge is -2.06. The lowest BCUT2D eigenvalue weighted by Crippen LogP contribution is -2.02. The normalized spacial score (nSPS) is 11.4. The molecule has 3 aromatic rings. The van der Waals surface area contributed by atoms with Crippen molar-refractivity contribution in [2.75, 3.05) is 0 Å². The van der Waals surface area contributed by atoms with Crippen LogP contribution in [0, 0.1) is 0 Å². The van der Waals surface area contributed by atoms with Crippen LogP contribution < -0.4 is 5.73 Å². The predicted octanol–water partition coefficient (Wildman–Crippen LogP) is 2.98. The van der Waals surface area contributed by atoms with Crippen LogP contribution in [-0.2, 0) is 6.54 Å². The molecule has 0 aliphatic heterocycles. The second-order valence-electron chi connectivity index (χ2n) is 5.18. The molecular formula is C16H18N4. The summed E-state index contributed by atoms with van der Waals surface area (Å²) in [6.07, 6.45) is 3.69. The molecule has 0 unspecified atom stereocenters. The fraction of sp³-hybridized carbons (Fsp3) is 0.250. The average Bonchev–Trinajstić information content (AvgIpc) is 2.85. The summed E-state index contributed by atoms with van der Waals surface area (Å²) in [7, 11) is 0. The zero-order valence-electron chi connectivity index (χ0n) is 11.7. The molecule has 0 atom stereocenters. The third-order valence-corrected chi connectivity index (χ3v) is 3.55. The van der Waals surface area contributed by atoms with E-state index in [4.69, 9.17) is 5.73 Å². The summed E-state index contributed by atoms with van der Waals surface area (Å²) in [6.45, 7) is 4.82. The van der Waals surface area contributed by atoms with Gasteiger partial charge in [-0.2, -0.15) is 0 Å². The van der Waals surface area contributed by atoms with Crippen molar-refractivity contribution in [1.82, 2.24) is 14.4 Å². The zero-order chi connectivity index (χ0) is 14.1. The molecule has 0 aliphatic carbocycles. The molecule has 0 amide bonds. The number of imidazole rings is 1. The van der Waals surface area contributed by atoms with Gasteiger partial charge in [-0.3, -0.25) is 4.40 Å². The number of hydrogen-bond acceptors (Lipinski definition) is 3. The molecule has 0 saturated heterocycles. The molecule has 2 heterocycles. The van der Waals surface area contributed by atoms with Gasteiger partial charge in [-0.05, 0) is 17.5 Å². The van der Waals surface area contributed by atoms with Crippen LogP contribution in [0.5, 0.6) is 0 Å². The Hall–Kier alpha value is -2.20. The van der Waals surface area contributed by atoms with Gasteiger partial charge in [0.15, 0.2) is 0 Å². The number of benzene rings is 1. The zero-order valence-corrected chi connectivity index (χ0v) is 11.7. The molecular weight excluding hydrogens is 248 g/mol. The summed E-state index contributed by atoms with van der Waals surface area (Å²) in [6, 6.07) is 10.4. The van der Waals surface area contributed by atoms with Crippen LogP contribution in [0.3, 0.4) is 0 Å². The first-order valence-corrected chi connectivity index (χ1v) is 6.83. The van der Waals surface area contributed by atoms with Gasteiger partial charge >= 0.3 is 0 Å². The third-order valence-electron chi connectivity index (χ3n) is 3.55. The number of fused-ring (bicyclic) bond motifs is 1. The van der Waals surface area contributed by atoms with Crippen molar-refractivity contribution in [3.63, 3.8) is 0 Å². The van der Waals surface area contributed by atoms with Gasteiger partial charge in [-0.25, -0.2) is 9.97 Å². The Kier molecular flexibility index (Phi) is 3.24. The second kappa shape index (κ2) is 5.06. The molecule has 0 bridgehead atoms. The van der Waals surface area contributed by atoms with E-state index in [9.17, 15) is 0 Å². The minimum atomic E-state index is 0.439. The summed E-state index contributed by atoms with van der Waals surface area (Å²) < 4.78 is 1.95. The van der Waals surface area contributed by atoms with E-state index in [-0.39, 0.29) is 0 Å². The lowest BCUT2D eigenvalue weighted by molar-refractivity contribution is 0.867. The van der Waals surface area contributed by atoms with Crippen molar-refractivity contribution in [3.8, 4) is 11.3 Å². The summed E-state index contributed by atoms with van der Waals surface area (Å²) in [4.78, 5) is 8.88. The van der Waals surface area contributed by atoms with Gasteiger partial charge in [0.2, 0.25) is 5.78 Å². The van der Waals surface area contributed by atoms with Crippen LogP contribution in [0.2, 0.25) is 0 Å². The SMILES string of the molecule is CC(C)c1ccc(-c2nc3ncccn3c2CN)cc1. The first-order chi connectivity index (χ1) is 9.70. The maximum Gasteiger partial charge on any atom is 0.234 e. The topological polar surface area (TPSA) is 56.2 Å². The van der Waals surface area contributed by atoms with Gasteiger partial charge in [-0.15, -0.1) is 0 Å². The van der Waals surface area contributed by atoms with Crippen LogP contribution in [-0.4, -0.2) is 14.4 Å². The van der Waals surface area contributed by atoms with Gasteiger partial charge in [0.05, 0.1) is 11.4 Å². The largest absolute Gasteiger partial charge is 0.325 e. The first kappa shape index (κ1) is 12.8. The molecule has 102 valence electrons. The summed E-state index contributed by atoms with van der Waals surface area (Å²) in [5.41, 5.74) is 10.2. The molecule has 4 nitrogen and oxygen atoms in total.